The highest BCUT2D eigenvalue weighted by molar-refractivity contribution is 7.08. The van der Waals surface area contributed by atoms with Crippen LogP contribution < -0.4 is 0 Å². The number of carbonyl (C=O) groups is 1. The molecule has 3 atom stereocenters. The van der Waals surface area contributed by atoms with Crippen molar-refractivity contribution in [3.8, 4) is 0 Å². The number of thiophene rings is 1. The first kappa shape index (κ1) is 20.2. The number of rotatable bonds is 5. The predicted octanol–water partition coefficient (Wildman–Crippen LogP) is 5.83. The second-order valence-corrected chi connectivity index (χ2v) is 9.70. The number of carboxylic acid groups (broad SMARTS) is 1. The molecule has 3 aromatic rings. The van der Waals surface area contributed by atoms with E-state index >= 15 is 0 Å². The highest BCUT2D eigenvalue weighted by Gasteiger charge is 2.59. The van der Waals surface area contributed by atoms with Gasteiger partial charge in [-0.1, -0.05) is 66.2 Å². The lowest BCUT2D eigenvalue weighted by molar-refractivity contribution is -0.151. The van der Waals surface area contributed by atoms with Crippen molar-refractivity contribution in [2.45, 2.75) is 25.8 Å². The van der Waals surface area contributed by atoms with E-state index in [0.29, 0.717) is 6.54 Å². The number of carboxylic acids is 1. The van der Waals surface area contributed by atoms with E-state index in [4.69, 9.17) is 0 Å². The van der Waals surface area contributed by atoms with Crippen molar-refractivity contribution in [3.05, 3.63) is 99.8 Å². The molecule has 3 unspecified atom stereocenters. The minimum atomic E-state index is -0.815. The lowest BCUT2D eigenvalue weighted by Gasteiger charge is -2.42. The summed E-state index contributed by atoms with van der Waals surface area (Å²) in [6, 6.07) is 21.1. The van der Waals surface area contributed by atoms with E-state index in [1.54, 1.807) is 11.3 Å². The van der Waals surface area contributed by atoms with Gasteiger partial charge < -0.3 is 5.11 Å². The van der Waals surface area contributed by atoms with Crippen LogP contribution in [-0.2, 0) is 11.3 Å². The van der Waals surface area contributed by atoms with E-state index in [1.165, 1.54) is 16.7 Å². The summed E-state index contributed by atoms with van der Waals surface area (Å²) in [5.74, 6) is -0.701. The number of benzene rings is 2. The van der Waals surface area contributed by atoms with Crippen LogP contribution in [0.1, 0.15) is 34.6 Å². The van der Waals surface area contributed by atoms with E-state index in [1.807, 2.05) is 6.07 Å². The van der Waals surface area contributed by atoms with Gasteiger partial charge in [0.15, 0.2) is 0 Å². The second kappa shape index (κ2) is 8.10. The highest BCUT2D eigenvalue weighted by Crippen LogP contribution is 2.57. The maximum absolute atomic E-state index is 13.0. The Kier molecular flexibility index (Phi) is 5.28. The Morgan fingerprint density at radius 2 is 1.87 bits per heavy atom. The van der Waals surface area contributed by atoms with E-state index in [9.17, 15) is 9.90 Å². The van der Waals surface area contributed by atoms with Gasteiger partial charge in [-0.15, -0.1) is 0 Å². The van der Waals surface area contributed by atoms with Crippen LogP contribution in [0.5, 0.6) is 0 Å². The fourth-order valence-corrected chi connectivity index (χ4v) is 6.31. The summed E-state index contributed by atoms with van der Waals surface area (Å²) in [6.07, 6.45) is 3.08. The molecular weight excluding hydrogens is 402 g/mol. The van der Waals surface area contributed by atoms with Crippen LogP contribution in [0.4, 0.5) is 0 Å². The Bertz CT molecular complexity index is 1090. The molecule has 0 saturated carbocycles. The number of likely N-dealkylation sites (tertiary alicyclic amines) is 1. The van der Waals surface area contributed by atoms with Gasteiger partial charge in [0.05, 0.1) is 5.41 Å². The first-order valence-corrected chi connectivity index (χ1v) is 11.8. The number of hydrogen-bond donors (Lipinski definition) is 1. The Labute approximate surface area is 187 Å². The van der Waals surface area contributed by atoms with Gasteiger partial charge in [0.25, 0.3) is 0 Å². The van der Waals surface area contributed by atoms with Gasteiger partial charge in [-0.05, 0) is 52.4 Å². The number of fused-ring (bicyclic) bond motifs is 1. The molecule has 1 aliphatic heterocycles. The zero-order valence-corrected chi connectivity index (χ0v) is 18.5. The van der Waals surface area contributed by atoms with Crippen LogP contribution in [0.15, 0.2) is 77.5 Å². The molecule has 1 N–H and O–H groups in total. The quantitative estimate of drug-likeness (QED) is 0.555. The summed E-state index contributed by atoms with van der Waals surface area (Å²) in [5.41, 5.74) is 5.16. The van der Waals surface area contributed by atoms with Crippen molar-refractivity contribution >= 4 is 22.9 Å². The van der Waals surface area contributed by atoms with Crippen LogP contribution in [0, 0.1) is 18.3 Å². The standard InChI is InChI=1S/C27H27NO2S/c1-19-7-9-21(10-8-19)23-11-12-24(22-13-14-31-17-22)27(26(29)30)18-28(16-25(23)27)15-20-5-3-2-4-6-20/h2-11,13-14,17,24-25H,12,15-16,18H2,1H3,(H,29,30). The third-order valence-corrected chi connectivity index (χ3v) is 7.80. The summed E-state index contributed by atoms with van der Waals surface area (Å²) >= 11 is 1.65. The molecule has 5 rings (SSSR count). The topological polar surface area (TPSA) is 40.5 Å². The van der Waals surface area contributed by atoms with Crippen LogP contribution in [0.25, 0.3) is 5.57 Å². The van der Waals surface area contributed by atoms with E-state index in [0.717, 1.165) is 30.6 Å². The molecule has 31 heavy (non-hydrogen) atoms. The minimum Gasteiger partial charge on any atom is -0.481 e. The third kappa shape index (κ3) is 3.54. The molecule has 2 aromatic carbocycles. The van der Waals surface area contributed by atoms with Crippen molar-refractivity contribution in [2.75, 3.05) is 13.1 Å². The van der Waals surface area contributed by atoms with Gasteiger partial charge in [-0.2, -0.15) is 11.3 Å². The molecule has 3 nitrogen and oxygen atoms in total. The van der Waals surface area contributed by atoms with E-state index < -0.39 is 11.4 Å². The highest BCUT2D eigenvalue weighted by atomic mass is 32.1. The van der Waals surface area contributed by atoms with Gasteiger partial charge in [0.1, 0.15) is 0 Å². The van der Waals surface area contributed by atoms with Gasteiger partial charge in [-0.3, -0.25) is 9.69 Å². The van der Waals surface area contributed by atoms with E-state index in [2.05, 4.69) is 83.3 Å². The van der Waals surface area contributed by atoms with Gasteiger partial charge >= 0.3 is 5.97 Å². The maximum atomic E-state index is 13.0. The average Bonchev–Trinajstić information content (AvgIpc) is 3.43. The molecular formula is C27H27NO2S. The molecule has 4 heteroatoms. The molecule has 2 heterocycles. The molecule has 1 aromatic heterocycles. The van der Waals surface area contributed by atoms with Crippen molar-refractivity contribution in [1.82, 2.24) is 4.90 Å². The lowest BCUT2D eigenvalue weighted by atomic mass is 9.59. The van der Waals surface area contributed by atoms with E-state index in [-0.39, 0.29) is 11.8 Å². The molecule has 1 aliphatic carbocycles. The summed E-state index contributed by atoms with van der Waals surface area (Å²) in [7, 11) is 0. The number of allylic oxidation sites excluding steroid dienone is 1. The van der Waals surface area contributed by atoms with Crippen molar-refractivity contribution in [1.29, 1.82) is 0 Å². The summed E-state index contributed by atoms with van der Waals surface area (Å²) in [6.45, 7) is 4.21. The maximum Gasteiger partial charge on any atom is 0.312 e. The first-order valence-electron chi connectivity index (χ1n) is 10.9. The Balaban J connectivity index is 1.58. The van der Waals surface area contributed by atoms with Crippen molar-refractivity contribution < 1.29 is 9.90 Å². The second-order valence-electron chi connectivity index (χ2n) is 8.92. The Morgan fingerprint density at radius 3 is 2.55 bits per heavy atom. The van der Waals surface area contributed by atoms with Crippen LogP contribution >= 0.6 is 11.3 Å². The molecule has 0 bridgehead atoms. The summed E-state index contributed by atoms with van der Waals surface area (Å²) in [4.78, 5) is 15.4. The van der Waals surface area contributed by atoms with Crippen LogP contribution in [0.2, 0.25) is 0 Å². The number of aryl methyl sites for hydroxylation is 1. The Morgan fingerprint density at radius 1 is 1.10 bits per heavy atom. The SMILES string of the molecule is Cc1ccc(C2=CCC(c3ccsc3)C3(C(=O)O)CN(Cc4ccccc4)CC23)cc1. The van der Waals surface area contributed by atoms with Crippen LogP contribution in [-0.4, -0.2) is 29.1 Å². The van der Waals surface area contributed by atoms with Crippen molar-refractivity contribution in [3.63, 3.8) is 0 Å². The van der Waals surface area contributed by atoms with Gasteiger partial charge in [-0.25, -0.2) is 0 Å². The molecule has 2 aliphatic rings. The first-order chi connectivity index (χ1) is 15.1. The molecule has 1 saturated heterocycles. The zero-order chi connectivity index (χ0) is 21.4. The Hall–Kier alpha value is -2.69. The van der Waals surface area contributed by atoms with Gasteiger partial charge in [0.2, 0.25) is 0 Å². The summed E-state index contributed by atoms with van der Waals surface area (Å²) < 4.78 is 0. The van der Waals surface area contributed by atoms with Crippen LogP contribution in [0.3, 0.4) is 0 Å². The molecule has 0 radical (unpaired) electrons. The molecule has 1 fully saturated rings. The minimum absolute atomic E-state index is 0.00350. The monoisotopic (exact) mass is 429 g/mol. The van der Waals surface area contributed by atoms with Gasteiger partial charge in [0, 0.05) is 31.5 Å². The number of hydrogen-bond acceptors (Lipinski definition) is 3. The molecule has 158 valence electrons. The largest absolute Gasteiger partial charge is 0.481 e. The predicted molar refractivity (Wildman–Crippen MR) is 126 cm³/mol. The number of nitrogens with zero attached hydrogens (tertiary/aromatic N) is 1. The average molecular weight is 430 g/mol. The zero-order valence-electron chi connectivity index (χ0n) is 17.7. The fraction of sp³-hybridized carbons (Fsp3) is 0.296. The number of aliphatic carboxylic acids is 1. The molecule has 0 amide bonds. The lowest BCUT2D eigenvalue weighted by Crippen LogP contribution is -2.46. The van der Waals surface area contributed by atoms with Crippen molar-refractivity contribution in [2.24, 2.45) is 11.3 Å². The smallest absolute Gasteiger partial charge is 0.312 e. The summed E-state index contributed by atoms with van der Waals surface area (Å²) in [5, 5.41) is 14.9. The molecule has 0 spiro atoms. The normalized spacial score (nSPS) is 25.8. The fourth-order valence-electron chi connectivity index (χ4n) is 5.59. The third-order valence-electron chi connectivity index (χ3n) is 7.10.